The van der Waals surface area contributed by atoms with E-state index in [1.807, 2.05) is 42.6 Å². The number of hydrogen-bond acceptors (Lipinski definition) is 4. The van der Waals surface area contributed by atoms with E-state index in [0.717, 1.165) is 51.9 Å². The summed E-state index contributed by atoms with van der Waals surface area (Å²) >= 11 is 1.66. The molecule has 0 amide bonds. The zero-order chi connectivity index (χ0) is 21.2. The van der Waals surface area contributed by atoms with Gasteiger partial charge in [0.25, 0.3) is 0 Å². The van der Waals surface area contributed by atoms with Gasteiger partial charge in [0.2, 0.25) is 0 Å². The molecule has 0 radical (unpaired) electrons. The molecule has 5 rings (SSSR count). The Balaban J connectivity index is 1.54. The quantitative estimate of drug-likeness (QED) is 0.373. The van der Waals surface area contributed by atoms with Gasteiger partial charge in [0, 0.05) is 40.3 Å². The maximum atomic E-state index is 9.70. The fourth-order valence-corrected chi connectivity index (χ4v) is 5.53. The van der Waals surface area contributed by atoms with Crippen LogP contribution in [0.5, 0.6) is 0 Å². The van der Waals surface area contributed by atoms with Crippen LogP contribution in [-0.2, 0) is 19.4 Å². The molecule has 1 aliphatic carbocycles. The Kier molecular flexibility index (Phi) is 5.12. The first-order valence-electron chi connectivity index (χ1n) is 10.4. The second-order valence-electron chi connectivity index (χ2n) is 7.76. The molecule has 2 aromatic heterocycles. The first-order chi connectivity index (χ1) is 15.3. The Hall–Kier alpha value is -3.67. The molecule has 4 aromatic rings. The lowest BCUT2D eigenvalue weighted by Gasteiger charge is -2.09. The SMILES string of the molecule is N#Cc1ccccc1Cn1cc(/C=N/c2sc3c(c2C#N)CCCC3)c2ccccc21. The van der Waals surface area contributed by atoms with Crippen LogP contribution in [0.2, 0.25) is 0 Å². The molecule has 0 aliphatic heterocycles. The van der Waals surface area contributed by atoms with E-state index in [1.165, 1.54) is 16.9 Å². The summed E-state index contributed by atoms with van der Waals surface area (Å²) in [4.78, 5) is 6.09. The second-order valence-corrected chi connectivity index (χ2v) is 8.84. The van der Waals surface area contributed by atoms with Crippen LogP contribution in [0.25, 0.3) is 10.9 Å². The van der Waals surface area contributed by atoms with Crippen molar-refractivity contribution in [2.75, 3.05) is 0 Å². The van der Waals surface area contributed by atoms with Gasteiger partial charge in [-0.25, -0.2) is 4.99 Å². The van der Waals surface area contributed by atoms with E-state index >= 15 is 0 Å². The van der Waals surface area contributed by atoms with Gasteiger partial charge in [-0.3, -0.25) is 0 Å². The molecule has 0 N–H and O–H groups in total. The van der Waals surface area contributed by atoms with Crippen molar-refractivity contribution in [3.05, 3.63) is 87.4 Å². The van der Waals surface area contributed by atoms with Gasteiger partial charge >= 0.3 is 0 Å². The molecule has 0 fully saturated rings. The minimum Gasteiger partial charge on any atom is -0.342 e. The summed E-state index contributed by atoms with van der Waals surface area (Å²) in [6.45, 7) is 0.620. The number of nitrogens with zero attached hydrogens (tertiary/aromatic N) is 4. The van der Waals surface area contributed by atoms with Crippen LogP contribution in [-0.4, -0.2) is 10.8 Å². The van der Waals surface area contributed by atoms with Crippen LogP contribution in [0.1, 0.15) is 45.5 Å². The minimum atomic E-state index is 0.620. The van der Waals surface area contributed by atoms with Crippen molar-refractivity contribution in [1.29, 1.82) is 10.5 Å². The maximum Gasteiger partial charge on any atom is 0.134 e. The molecule has 150 valence electrons. The number of nitriles is 2. The highest BCUT2D eigenvalue weighted by Gasteiger charge is 2.20. The van der Waals surface area contributed by atoms with E-state index in [1.54, 1.807) is 11.3 Å². The lowest BCUT2D eigenvalue weighted by Crippen LogP contribution is -2.00. The number of aliphatic imine (C=N–C) groups is 1. The third kappa shape index (κ3) is 3.54. The van der Waals surface area contributed by atoms with Gasteiger partial charge in [0.1, 0.15) is 11.1 Å². The van der Waals surface area contributed by atoms with E-state index in [9.17, 15) is 10.5 Å². The van der Waals surface area contributed by atoms with Gasteiger partial charge in [0.15, 0.2) is 0 Å². The molecular weight excluding hydrogens is 400 g/mol. The molecule has 5 heteroatoms. The Morgan fingerprint density at radius 3 is 2.68 bits per heavy atom. The monoisotopic (exact) mass is 420 g/mol. The number of benzene rings is 2. The lowest BCUT2D eigenvalue weighted by atomic mass is 9.96. The number of aromatic nitrogens is 1. The first kappa shape index (κ1) is 19.3. The van der Waals surface area contributed by atoms with Crippen LogP contribution in [0.15, 0.2) is 59.7 Å². The Labute approximate surface area is 185 Å². The van der Waals surface area contributed by atoms with E-state index < -0.39 is 0 Å². The summed E-state index contributed by atoms with van der Waals surface area (Å²) in [7, 11) is 0. The first-order valence-corrected chi connectivity index (χ1v) is 11.2. The molecule has 1 aliphatic rings. The predicted molar refractivity (Wildman–Crippen MR) is 125 cm³/mol. The van der Waals surface area contributed by atoms with Gasteiger partial charge in [0.05, 0.1) is 17.2 Å². The molecule has 0 bridgehead atoms. The van der Waals surface area contributed by atoms with Gasteiger partial charge in [-0.1, -0.05) is 36.4 Å². The van der Waals surface area contributed by atoms with Crippen LogP contribution < -0.4 is 0 Å². The van der Waals surface area contributed by atoms with Gasteiger partial charge in [-0.2, -0.15) is 10.5 Å². The zero-order valence-electron chi connectivity index (χ0n) is 17.0. The topological polar surface area (TPSA) is 64.9 Å². The summed E-state index contributed by atoms with van der Waals surface area (Å²) in [5.74, 6) is 0. The van der Waals surface area contributed by atoms with Gasteiger partial charge < -0.3 is 4.57 Å². The van der Waals surface area contributed by atoms with Crippen molar-refractivity contribution in [2.24, 2.45) is 4.99 Å². The average molecular weight is 421 g/mol. The van der Waals surface area contributed by atoms with E-state index in [2.05, 4.69) is 35.0 Å². The van der Waals surface area contributed by atoms with Crippen molar-refractivity contribution in [1.82, 2.24) is 4.57 Å². The second kappa shape index (κ2) is 8.22. The number of hydrogen-bond donors (Lipinski definition) is 0. The van der Waals surface area contributed by atoms with Crippen LogP contribution in [0.3, 0.4) is 0 Å². The molecule has 2 heterocycles. The van der Waals surface area contributed by atoms with Crippen molar-refractivity contribution >= 4 is 33.5 Å². The van der Waals surface area contributed by atoms with E-state index in [-0.39, 0.29) is 0 Å². The van der Waals surface area contributed by atoms with E-state index in [0.29, 0.717) is 12.1 Å². The average Bonchev–Trinajstić information content (AvgIpc) is 3.35. The number of thiophene rings is 1. The summed E-state index contributed by atoms with van der Waals surface area (Å²) < 4.78 is 2.16. The van der Waals surface area contributed by atoms with Crippen molar-refractivity contribution < 1.29 is 0 Å². The highest BCUT2D eigenvalue weighted by molar-refractivity contribution is 7.16. The number of rotatable bonds is 4. The standard InChI is InChI=1S/C26H20N4S/c27-13-18-7-1-2-8-19(18)16-30-17-20(21-9-3-5-11-24(21)30)15-29-26-23(14-28)22-10-4-6-12-25(22)31-26/h1-3,5,7-9,11,15,17H,4,6,10,12,16H2/b29-15+. The number of para-hydroxylation sites is 1. The number of fused-ring (bicyclic) bond motifs is 2. The molecule has 2 aromatic carbocycles. The Morgan fingerprint density at radius 2 is 1.81 bits per heavy atom. The molecule has 0 atom stereocenters. The normalized spacial score (nSPS) is 13.2. The molecule has 0 spiro atoms. The molecular formula is C26H20N4S. The van der Waals surface area contributed by atoms with Gasteiger partial charge in [-0.15, -0.1) is 11.3 Å². The summed E-state index contributed by atoms with van der Waals surface area (Å²) in [6, 6.07) is 20.6. The fourth-order valence-electron chi connectivity index (χ4n) is 4.35. The van der Waals surface area contributed by atoms with Crippen molar-refractivity contribution in [3.63, 3.8) is 0 Å². The highest BCUT2D eigenvalue weighted by atomic mass is 32.1. The zero-order valence-corrected chi connectivity index (χ0v) is 17.8. The molecule has 0 unspecified atom stereocenters. The summed E-state index contributed by atoms with van der Waals surface area (Å²) in [5, 5.41) is 21.1. The molecule has 0 saturated heterocycles. The predicted octanol–water partition coefficient (Wildman–Crippen LogP) is 6.12. The van der Waals surface area contributed by atoms with Crippen LogP contribution in [0, 0.1) is 22.7 Å². The summed E-state index contributed by atoms with van der Waals surface area (Å²) in [5.41, 5.74) is 5.76. The highest BCUT2D eigenvalue weighted by Crippen LogP contribution is 2.39. The Morgan fingerprint density at radius 1 is 1.00 bits per heavy atom. The third-order valence-electron chi connectivity index (χ3n) is 5.88. The minimum absolute atomic E-state index is 0.620. The maximum absolute atomic E-state index is 9.70. The number of aryl methyl sites for hydroxylation is 1. The van der Waals surface area contributed by atoms with Gasteiger partial charge in [-0.05, 0) is 48.9 Å². The van der Waals surface area contributed by atoms with Crippen molar-refractivity contribution in [2.45, 2.75) is 32.2 Å². The molecule has 0 saturated carbocycles. The third-order valence-corrected chi connectivity index (χ3v) is 7.08. The molecule has 4 nitrogen and oxygen atoms in total. The molecule has 31 heavy (non-hydrogen) atoms. The Bertz CT molecular complexity index is 1390. The lowest BCUT2D eigenvalue weighted by molar-refractivity contribution is 0.696. The fraction of sp³-hybridized carbons (Fsp3) is 0.192. The summed E-state index contributed by atoms with van der Waals surface area (Å²) in [6.07, 6.45) is 8.36. The van der Waals surface area contributed by atoms with E-state index in [4.69, 9.17) is 4.99 Å². The van der Waals surface area contributed by atoms with Crippen LogP contribution in [0.4, 0.5) is 5.00 Å². The smallest absolute Gasteiger partial charge is 0.134 e. The largest absolute Gasteiger partial charge is 0.342 e. The van der Waals surface area contributed by atoms with Crippen molar-refractivity contribution in [3.8, 4) is 12.1 Å². The van der Waals surface area contributed by atoms with Crippen LogP contribution >= 0.6 is 11.3 Å².